The van der Waals surface area contributed by atoms with Crippen molar-refractivity contribution in [2.75, 3.05) is 21.1 Å². The van der Waals surface area contributed by atoms with Gasteiger partial charge in [-0.05, 0) is 45.6 Å². The molecule has 0 heterocycles. The Morgan fingerprint density at radius 1 is 1.21 bits per heavy atom. The van der Waals surface area contributed by atoms with Crippen molar-refractivity contribution in [2.45, 2.75) is 37.3 Å². The first kappa shape index (κ1) is 15.1. The molecule has 1 aliphatic carbocycles. The van der Waals surface area contributed by atoms with Crippen molar-refractivity contribution in [3.63, 3.8) is 0 Å². The van der Waals surface area contributed by atoms with Crippen LogP contribution in [0.4, 0.5) is 0 Å². The normalized spacial score (nSPS) is 19.9. The van der Waals surface area contributed by atoms with Crippen molar-refractivity contribution in [2.24, 2.45) is 0 Å². The standard InChI is InChI=1S/C15H22Cl2N2/c1-18-14(11-7-6-8-12(16)13(11)17)15(19(2)3)9-4-5-10-15/h6-8,14,18H,4-5,9-10H2,1-3H3. The molecule has 2 rings (SSSR count). The SMILES string of the molecule is CNC(c1cccc(Cl)c1Cl)C1(N(C)C)CCCC1. The second kappa shape index (κ2) is 6.01. The second-order valence-corrected chi connectivity index (χ2v) is 6.36. The quantitative estimate of drug-likeness (QED) is 0.899. The molecule has 0 aliphatic heterocycles. The fourth-order valence-electron chi connectivity index (χ4n) is 3.44. The van der Waals surface area contributed by atoms with Gasteiger partial charge in [0.15, 0.2) is 0 Å². The Morgan fingerprint density at radius 3 is 2.37 bits per heavy atom. The summed E-state index contributed by atoms with van der Waals surface area (Å²) >= 11 is 12.6. The molecule has 1 aromatic carbocycles. The zero-order chi connectivity index (χ0) is 14.0. The Kier molecular flexibility index (Phi) is 4.78. The van der Waals surface area contributed by atoms with Crippen molar-refractivity contribution < 1.29 is 0 Å². The van der Waals surface area contributed by atoms with Crippen molar-refractivity contribution in [3.05, 3.63) is 33.8 Å². The Bertz CT molecular complexity index is 440. The molecule has 1 N–H and O–H groups in total. The molecular formula is C15H22Cl2N2. The molecule has 1 fully saturated rings. The fraction of sp³-hybridized carbons (Fsp3) is 0.600. The Balaban J connectivity index is 2.46. The number of halogens is 2. The molecule has 4 heteroatoms. The van der Waals surface area contributed by atoms with Gasteiger partial charge < -0.3 is 10.2 Å². The van der Waals surface area contributed by atoms with Crippen LogP contribution in [0.15, 0.2) is 18.2 Å². The van der Waals surface area contributed by atoms with E-state index in [2.05, 4.69) is 30.4 Å². The molecule has 0 spiro atoms. The number of hydrogen-bond donors (Lipinski definition) is 1. The smallest absolute Gasteiger partial charge is 0.0640 e. The van der Waals surface area contributed by atoms with Crippen LogP contribution in [0.3, 0.4) is 0 Å². The van der Waals surface area contributed by atoms with Crippen molar-refractivity contribution in [3.8, 4) is 0 Å². The zero-order valence-corrected chi connectivity index (χ0v) is 13.4. The van der Waals surface area contributed by atoms with Crippen LogP contribution in [0, 0.1) is 0 Å². The molecule has 0 aromatic heterocycles. The molecule has 1 atom stereocenters. The highest BCUT2D eigenvalue weighted by atomic mass is 35.5. The number of nitrogens with one attached hydrogen (secondary N) is 1. The molecule has 2 nitrogen and oxygen atoms in total. The molecule has 106 valence electrons. The Hall–Kier alpha value is -0.280. The molecule has 1 saturated carbocycles. The van der Waals surface area contributed by atoms with E-state index in [1.807, 2.05) is 19.2 Å². The summed E-state index contributed by atoms with van der Waals surface area (Å²) in [4.78, 5) is 2.35. The highest BCUT2D eigenvalue weighted by Crippen LogP contribution is 2.45. The van der Waals surface area contributed by atoms with E-state index in [1.54, 1.807) is 0 Å². The van der Waals surface area contributed by atoms with Gasteiger partial charge in [-0.15, -0.1) is 0 Å². The summed E-state index contributed by atoms with van der Waals surface area (Å²) in [6.45, 7) is 0. The van der Waals surface area contributed by atoms with Gasteiger partial charge in [0.2, 0.25) is 0 Å². The number of rotatable bonds is 4. The van der Waals surface area contributed by atoms with E-state index in [0.717, 1.165) is 5.56 Å². The van der Waals surface area contributed by atoms with E-state index in [1.165, 1.54) is 25.7 Å². The average Bonchev–Trinajstić information content (AvgIpc) is 2.86. The van der Waals surface area contributed by atoms with Crippen molar-refractivity contribution >= 4 is 23.2 Å². The molecular weight excluding hydrogens is 279 g/mol. The zero-order valence-electron chi connectivity index (χ0n) is 11.8. The number of nitrogens with zero attached hydrogens (tertiary/aromatic N) is 1. The summed E-state index contributed by atoms with van der Waals surface area (Å²) in [5, 5.41) is 4.77. The Morgan fingerprint density at radius 2 is 1.84 bits per heavy atom. The highest BCUT2D eigenvalue weighted by Gasteiger charge is 2.44. The van der Waals surface area contributed by atoms with Crippen LogP contribution in [0.2, 0.25) is 10.0 Å². The molecule has 0 amide bonds. The predicted molar refractivity (Wildman–Crippen MR) is 83.1 cm³/mol. The average molecular weight is 301 g/mol. The fourth-order valence-corrected chi connectivity index (χ4v) is 3.86. The molecule has 1 aromatic rings. The van der Waals surface area contributed by atoms with Crippen molar-refractivity contribution in [1.82, 2.24) is 10.2 Å². The number of benzene rings is 1. The maximum atomic E-state index is 6.42. The maximum Gasteiger partial charge on any atom is 0.0640 e. The predicted octanol–water partition coefficient (Wildman–Crippen LogP) is 4.13. The lowest BCUT2D eigenvalue weighted by Crippen LogP contribution is -2.51. The minimum Gasteiger partial charge on any atom is -0.311 e. The lowest BCUT2D eigenvalue weighted by Gasteiger charge is -2.43. The third-order valence-corrected chi connectivity index (χ3v) is 5.31. The number of likely N-dealkylation sites (N-methyl/N-ethyl adjacent to an activating group) is 2. The molecule has 1 unspecified atom stereocenters. The van der Waals surface area contributed by atoms with Gasteiger partial charge in [0.1, 0.15) is 0 Å². The van der Waals surface area contributed by atoms with Crippen LogP contribution in [0.5, 0.6) is 0 Å². The molecule has 0 bridgehead atoms. The van der Waals surface area contributed by atoms with E-state index in [4.69, 9.17) is 23.2 Å². The summed E-state index contributed by atoms with van der Waals surface area (Å²) in [6, 6.07) is 6.11. The molecule has 0 radical (unpaired) electrons. The lowest BCUT2D eigenvalue weighted by molar-refractivity contribution is 0.108. The van der Waals surface area contributed by atoms with Gasteiger partial charge in [-0.1, -0.05) is 48.2 Å². The van der Waals surface area contributed by atoms with E-state index in [0.29, 0.717) is 10.0 Å². The summed E-state index contributed by atoms with van der Waals surface area (Å²) in [6.07, 6.45) is 4.92. The van der Waals surface area contributed by atoms with Gasteiger partial charge in [0.05, 0.1) is 16.1 Å². The van der Waals surface area contributed by atoms with Crippen LogP contribution in [0.25, 0.3) is 0 Å². The third kappa shape index (κ3) is 2.64. The van der Waals surface area contributed by atoms with Gasteiger partial charge in [0, 0.05) is 5.54 Å². The first-order valence-electron chi connectivity index (χ1n) is 6.81. The minimum atomic E-state index is 0.128. The summed E-state index contributed by atoms with van der Waals surface area (Å²) < 4.78 is 0. The van der Waals surface area contributed by atoms with Crippen LogP contribution >= 0.6 is 23.2 Å². The monoisotopic (exact) mass is 300 g/mol. The first-order valence-corrected chi connectivity index (χ1v) is 7.57. The van der Waals surface area contributed by atoms with Crippen LogP contribution in [-0.2, 0) is 0 Å². The van der Waals surface area contributed by atoms with Crippen molar-refractivity contribution in [1.29, 1.82) is 0 Å². The summed E-state index contributed by atoms with van der Waals surface area (Å²) in [7, 11) is 6.33. The molecule has 0 saturated heterocycles. The van der Waals surface area contributed by atoms with E-state index >= 15 is 0 Å². The van der Waals surface area contributed by atoms with E-state index < -0.39 is 0 Å². The van der Waals surface area contributed by atoms with E-state index in [-0.39, 0.29) is 11.6 Å². The van der Waals surface area contributed by atoms with Crippen LogP contribution in [0.1, 0.15) is 37.3 Å². The topological polar surface area (TPSA) is 15.3 Å². The largest absolute Gasteiger partial charge is 0.311 e. The summed E-state index contributed by atoms with van der Waals surface area (Å²) in [5.41, 5.74) is 1.23. The summed E-state index contributed by atoms with van der Waals surface area (Å²) in [5.74, 6) is 0. The maximum absolute atomic E-state index is 6.42. The van der Waals surface area contributed by atoms with Gasteiger partial charge in [-0.2, -0.15) is 0 Å². The second-order valence-electron chi connectivity index (χ2n) is 5.57. The van der Waals surface area contributed by atoms with E-state index in [9.17, 15) is 0 Å². The first-order chi connectivity index (χ1) is 9.03. The lowest BCUT2D eigenvalue weighted by atomic mass is 9.82. The third-order valence-electron chi connectivity index (χ3n) is 4.48. The van der Waals surface area contributed by atoms with Gasteiger partial charge in [-0.3, -0.25) is 0 Å². The van der Waals surface area contributed by atoms with Gasteiger partial charge in [0.25, 0.3) is 0 Å². The number of hydrogen-bond acceptors (Lipinski definition) is 2. The molecule has 19 heavy (non-hydrogen) atoms. The van der Waals surface area contributed by atoms with Crippen LogP contribution < -0.4 is 5.32 Å². The Labute approximate surface area is 126 Å². The minimum absolute atomic E-state index is 0.128. The van der Waals surface area contributed by atoms with Gasteiger partial charge >= 0.3 is 0 Å². The molecule has 1 aliphatic rings. The van der Waals surface area contributed by atoms with Crippen LogP contribution in [-0.4, -0.2) is 31.6 Å². The highest BCUT2D eigenvalue weighted by molar-refractivity contribution is 6.42. The van der Waals surface area contributed by atoms with Gasteiger partial charge in [-0.25, -0.2) is 0 Å².